The van der Waals surface area contributed by atoms with Crippen molar-refractivity contribution in [1.82, 2.24) is 14.8 Å². The van der Waals surface area contributed by atoms with Gasteiger partial charge in [-0.3, -0.25) is 0 Å². The third kappa shape index (κ3) is 4.01. The van der Waals surface area contributed by atoms with Crippen molar-refractivity contribution >= 4 is 5.97 Å². The van der Waals surface area contributed by atoms with Gasteiger partial charge in [0.15, 0.2) is 0 Å². The molecule has 3 aromatic rings. The molecule has 0 aliphatic carbocycles. The van der Waals surface area contributed by atoms with Crippen molar-refractivity contribution in [1.29, 1.82) is 0 Å². The number of hydrogen-bond acceptors (Lipinski definition) is 5. The summed E-state index contributed by atoms with van der Waals surface area (Å²) in [6.45, 7) is 1.18. The first-order valence-electron chi connectivity index (χ1n) is 8.16. The summed E-state index contributed by atoms with van der Waals surface area (Å²) in [7, 11) is 0. The van der Waals surface area contributed by atoms with E-state index in [-0.39, 0.29) is 17.7 Å². The Hall–Kier alpha value is -3.13. The first-order chi connectivity index (χ1) is 12.9. The maximum atomic E-state index is 14.4. The third-order valence-corrected chi connectivity index (χ3v) is 4.23. The minimum atomic E-state index is -2.00. The number of rotatable bonds is 6. The van der Waals surface area contributed by atoms with Gasteiger partial charge in [-0.2, -0.15) is 5.10 Å². The summed E-state index contributed by atoms with van der Waals surface area (Å²) in [5.74, 6) is -2.42. The van der Waals surface area contributed by atoms with Gasteiger partial charge in [-0.1, -0.05) is 24.3 Å². The number of carbonyl (C=O) groups is 1. The predicted molar refractivity (Wildman–Crippen MR) is 91.6 cm³/mol. The smallest absolute Gasteiger partial charge is 0.338 e. The summed E-state index contributed by atoms with van der Waals surface area (Å²) in [6, 6.07) is 11.0. The van der Waals surface area contributed by atoms with Crippen LogP contribution in [0.5, 0.6) is 0 Å². The topological polar surface area (TPSA) is 77.2 Å². The summed E-state index contributed by atoms with van der Waals surface area (Å²) in [5.41, 5.74) is -1.93. The van der Waals surface area contributed by atoms with Crippen LogP contribution in [-0.2, 0) is 16.9 Å². The van der Waals surface area contributed by atoms with E-state index in [0.717, 1.165) is 12.1 Å². The molecule has 0 spiro atoms. The normalized spacial score (nSPS) is 14.4. The molecule has 27 heavy (non-hydrogen) atoms. The molecular weight excluding hydrogens is 356 g/mol. The number of aliphatic hydroxyl groups is 1. The van der Waals surface area contributed by atoms with Crippen molar-refractivity contribution in [3.05, 3.63) is 83.9 Å². The Labute approximate surface area is 154 Å². The Morgan fingerprint density at radius 1 is 1.26 bits per heavy atom. The summed E-state index contributed by atoms with van der Waals surface area (Å²) in [4.78, 5) is 16.1. The van der Waals surface area contributed by atoms with Crippen LogP contribution in [0.15, 0.2) is 61.2 Å². The van der Waals surface area contributed by atoms with E-state index >= 15 is 0 Å². The van der Waals surface area contributed by atoms with Crippen molar-refractivity contribution in [3.63, 3.8) is 0 Å². The molecular formula is C19H17F2N3O3. The Kier molecular flexibility index (Phi) is 5.27. The van der Waals surface area contributed by atoms with E-state index in [1.54, 1.807) is 30.3 Å². The fraction of sp³-hybridized carbons (Fsp3) is 0.211. The molecule has 0 bridgehead atoms. The molecule has 0 aliphatic rings. The number of esters is 1. The monoisotopic (exact) mass is 373 g/mol. The molecule has 1 heterocycles. The number of nitrogens with zero attached hydrogens (tertiary/aromatic N) is 3. The number of carbonyl (C=O) groups excluding carboxylic acids is 1. The predicted octanol–water partition coefficient (Wildman–Crippen LogP) is 2.69. The van der Waals surface area contributed by atoms with Gasteiger partial charge in [-0.15, -0.1) is 0 Å². The zero-order valence-corrected chi connectivity index (χ0v) is 14.4. The van der Waals surface area contributed by atoms with Gasteiger partial charge in [0.25, 0.3) is 0 Å². The molecule has 1 aromatic heterocycles. The third-order valence-electron chi connectivity index (χ3n) is 4.23. The lowest BCUT2D eigenvalue weighted by Gasteiger charge is -2.34. The molecule has 8 heteroatoms. The van der Waals surface area contributed by atoms with Crippen LogP contribution in [0.4, 0.5) is 8.78 Å². The van der Waals surface area contributed by atoms with Gasteiger partial charge in [0, 0.05) is 11.6 Å². The molecule has 0 aliphatic heterocycles. The molecule has 0 saturated carbocycles. The number of benzene rings is 2. The number of hydrogen-bond donors (Lipinski definition) is 1. The quantitative estimate of drug-likeness (QED) is 0.673. The van der Waals surface area contributed by atoms with Crippen LogP contribution in [0.25, 0.3) is 0 Å². The SMILES string of the molecule is CC(OC(=O)c1ccccc1)C(O)(Cn1cncn1)c1ccc(F)cc1F. The Bertz CT molecular complexity index is 919. The average molecular weight is 373 g/mol. The van der Waals surface area contributed by atoms with E-state index in [1.807, 2.05) is 0 Å². The van der Waals surface area contributed by atoms with Crippen LogP contribution < -0.4 is 0 Å². The van der Waals surface area contributed by atoms with Crippen LogP contribution >= 0.6 is 0 Å². The van der Waals surface area contributed by atoms with Gasteiger partial charge in [-0.05, 0) is 25.1 Å². The molecule has 0 saturated heterocycles. The lowest BCUT2D eigenvalue weighted by molar-refractivity contribution is -0.0962. The zero-order valence-electron chi connectivity index (χ0n) is 14.4. The number of ether oxygens (including phenoxy) is 1. The second-order valence-electron chi connectivity index (χ2n) is 6.06. The first kappa shape index (κ1) is 18.7. The molecule has 2 aromatic carbocycles. The number of halogens is 2. The van der Waals surface area contributed by atoms with E-state index in [2.05, 4.69) is 10.1 Å². The molecule has 6 nitrogen and oxygen atoms in total. The lowest BCUT2D eigenvalue weighted by atomic mass is 9.88. The maximum absolute atomic E-state index is 14.4. The van der Waals surface area contributed by atoms with Crippen LogP contribution in [0.3, 0.4) is 0 Å². The van der Waals surface area contributed by atoms with E-state index in [9.17, 15) is 18.7 Å². The van der Waals surface area contributed by atoms with Gasteiger partial charge in [-0.25, -0.2) is 23.2 Å². The van der Waals surface area contributed by atoms with Crippen molar-refractivity contribution < 1.29 is 23.4 Å². The Balaban J connectivity index is 1.94. The van der Waals surface area contributed by atoms with E-state index in [1.165, 1.54) is 24.3 Å². The van der Waals surface area contributed by atoms with E-state index in [4.69, 9.17) is 4.74 Å². The highest BCUT2D eigenvalue weighted by molar-refractivity contribution is 5.89. The van der Waals surface area contributed by atoms with Gasteiger partial charge in [0.05, 0.1) is 12.1 Å². The summed E-state index contributed by atoms with van der Waals surface area (Å²) >= 11 is 0. The Morgan fingerprint density at radius 2 is 2.00 bits per heavy atom. The zero-order chi connectivity index (χ0) is 19.4. The maximum Gasteiger partial charge on any atom is 0.338 e. The highest BCUT2D eigenvalue weighted by Crippen LogP contribution is 2.32. The van der Waals surface area contributed by atoms with Crippen molar-refractivity contribution in [2.75, 3.05) is 0 Å². The summed E-state index contributed by atoms with van der Waals surface area (Å²) in [6.07, 6.45) is 1.41. The van der Waals surface area contributed by atoms with Crippen LogP contribution in [0, 0.1) is 11.6 Å². The van der Waals surface area contributed by atoms with Gasteiger partial charge in [0.2, 0.25) is 0 Å². The second kappa shape index (κ2) is 7.63. The molecule has 3 rings (SSSR count). The lowest BCUT2D eigenvalue weighted by Crippen LogP contribution is -2.45. The molecule has 2 unspecified atom stereocenters. The minimum absolute atomic E-state index is 0.215. The average Bonchev–Trinajstić information content (AvgIpc) is 3.15. The molecule has 0 fully saturated rings. The van der Waals surface area contributed by atoms with Crippen molar-refractivity contribution in [3.8, 4) is 0 Å². The molecule has 0 amide bonds. The summed E-state index contributed by atoms with van der Waals surface area (Å²) < 4.78 is 34.4. The van der Waals surface area contributed by atoms with Gasteiger partial charge in [0.1, 0.15) is 36.0 Å². The standard InChI is InChI=1S/C19H17F2N3O3/c1-13(27-18(25)14-5-3-2-4-6-14)19(26,10-24-12-22-11-23-24)16-8-7-15(20)9-17(16)21/h2-9,11-13,26H,10H2,1H3. The first-order valence-corrected chi connectivity index (χ1v) is 8.16. The molecule has 1 N–H and O–H groups in total. The highest BCUT2D eigenvalue weighted by Gasteiger charge is 2.41. The van der Waals surface area contributed by atoms with Crippen molar-refractivity contribution in [2.24, 2.45) is 0 Å². The number of aromatic nitrogens is 3. The second-order valence-corrected chi connectivity index (χ2v) is 6.06. The van der Waals surface area contributed by atoms with Crippen LogP contribution in [-0.4, -0.2) is 31.9 Å². The van der Waals surface area contributed by atoms with Crippen LogP contribution in [0.2, 0.25) is 0 Å². The fourth-order valence-electron chi connectivity index (χ4n) is 2.73. The Morgan fingerprint density at radius 3 is 2.63 bits per heavy atom. The molecule has 0 radical (unpaired) electrons. The van der Waals surface area contributed by atoms with Gasteiger partial charge >= 0.3 is 5.97 Å². The van der Waals surface area contributed by atoms with Gasteiger partial charge < -0.3 is 9.84 Å². The summed E-state index contributed by atoms with van der Waals surface area (Å²) in [5, 5.41) is 15.2. The van der Waals surface area contributed by atoms with Crippen molar-refractivity contribution in [2.45, 2.75) is 25.2 Å². The largest absolute Gasteiger partial charge is 0.456 e. The minimum Gasteiger partial charge on any atom is -0.456 e. The molecule has 140 valence electrons. The van der Waals surface area contributed by atoms with Crippen LogP contribution in [0.1, 0.15) is 22.8 Å². The fourth-order valence-corrected chi connectivity index (χ4v) is 2.73. The highest BCUT2D eigenvalue weighted by atomic mass is 19.1. The van der Waals surface area contributed by atoms with E-state index in [0.29, 0.717) is 6.07 Å². The molecule has 2 atom stereocenters. The van der Waals surface area contributed by atoms with E-state index < -0.39 is 29.3 Å².